The monoisotopic (exact) mass is 240 g/mol. The quantitative estimate of drug-likeness (QED) is 0.762. The molecule has 0 saturated heterocycles. The predicted octanol–water partition coefficient (Wildman–Crippen LogP) is 1.49. The Morgan fingerprint density at radius 1 is 1.53 bits per heavy atom. The Morgan fingerprint density at radius 2 is 2.24 bits per heavy atom. The minimum Gasteiger partial charge on any atom is -0.480 e. The molecule has 94 valence electrons. The van der Waals surface area contributed by atoms with Gasteiger partial charge in [0.2, 0.25) is 0 Å². The first-order valence-electron chi connectivity index (χ1n) is 5.54. The molecule has 0 aliphatic heterocycles. The Labute approximate surface area is 99.2 Å². The summed E-state index contributed by atoms with van der Waals surface area (Å²) in [6.45, 7) is 3.88. The van der Waals surface area contributed by atoms with Crippen molar-refractivity contribution in [3.05, 3.63) is 18.0 Å². The molecule has 1 heterocycles. The summed E-state index contributed by atoms with van der Waals surface area (Å²) in [5, 5.41) is 12.9. The highest BCUT2D eigenvalue weighted by atomic mass is 16.5. The van der Waals surface area contributed by atoms with Crippen LogP contribution in [0.3, 0.4) is 0 Å². The molecule has 6 heteroatoms. The van der Waals surface area contributed by atoms with Crippen molar-refractivity contribution in [3.63, 3.8) is 0 Å². The summed E-state index contributed by atoms with van der Waals surface area (Å²) in [5.74, 6) is -1.44. The number of esters is 1. The SMILES string of the molecule is CCCC(C(=O)O)n1cc(C(=O)OCC)cn1. The van der Waals surface area contributed by atoms with Crippen LogP contribution in [0.4, 0.5) is 0 Å². The summed E-state index contributed by atoms with van der Waals surface area (Å²) in [6.07, 6.45) is 3.93. The summed E-state index contributed by atoms with van der Waals surface area (Å²) in [5.41, 5.74) is 0.272. The van der Waals surface area contributed by atoms with Crippen LogP contribution in [0, 0.1) is 0 Å². The zero-order valence-corrected chi connectivity index (χ0v) is 9.92. The van der Waals surface area contributed by atoms with Gasteiger partial charge in [0.05, 0.1) is 18.4 Å². The van der Waals surface area contributed by atoms with Gasteiger partial charge in [-0.25, -0.2) is 9.59 Å². The molecule has 1 rings (SSSR count). The second-order valence-electron chi connectivity index (χ2n) is 3.57. The van der Waals surface area contributed by atoms with Gasteiger partial charge in [-0.15, -0.1) is 0 Å². The average Bonchev–Trinajstić information content (AvgIpc) is 2.74. The Kier molecular flexibility index (Phi) is 4.68. The van der Waals surface area contributed by atoms with Crippen LogP contribution < -0.4 is 0 Å². The minimum absolute atomic E-state index is 0.272. The van der Waals surface area contributed by atoms with E-state index in [9.17, 15) is 9.59 Å². The average molecular weight is 240 g/mol. The number of carboxylic acid groups (broad SMARTS) is 1. The van der Waals surface area contributed by atoms with Gasteiger partial charge in [0.15, 0.2) is 0 Å². The van der Waals surface area contributed by atoms with Gasteiger partial charge in [0.1, 0.15) is 6.04 Å². The normalized spacial score (nSPS) is 12.1. The van der Waals surface area contributed by atoms with Crippen LogP contribution in [0.15, 0.2) is 12.4 Å². The van der Waals surface area contributed by atoms with E-state index >= 15 is 0 Å². The van der Waals surface area contributed by atoms with Crippen LogP contribution >= 0.6 is 0 Å². The molecule has 1 atom stereocenters. The number of carboxylic acids is 1. The van der Waals surface area contributed by atoms with Crippen molar-refractivity contribution in [2.24, 2.45) is 0 Å². The zero-order chi connectivity index (χ0) is 12.8. The fourth-order valence-corrected chi connectivity index (χ4v) is 1.47. The molecule has 17 heavy (non-hydrogen) atoms. The van der Waals surface area contributed by atoms with Crippen molar-refractivity contribution >= 4 is 11.9 Å². The van der Waals surface area contributed by atoms with Gasteiger partial charge in [-0.3, -0.25) is 4.68 Å². The highest BCUT2D eigenvalue weighted by Crippen LogP contribution is 2.14. The smallest absolute Gasteiger partial charge is 0.341 e. The van der Waals surface area contributed by atoms with Gasteiger partial charge in [-0.05, 0) is 13.3 Å². The van der Waals surface area contributed by atoms with Gasteiger partial charge >= 0.3 is 11.9 Å². The Bertz CT molecular complexity index is 400. The second kappa shape index (κ2) is 6.03. The number of aromatic nitrogens is 2. The van der Waals surface area contributed by atoms with Gasteiger partial charge in [-0.1, -0.05) is 13.3 Å². The zero-order valence-electron chi connectivity index (χ0n) is 9.92. The van der Waals surface area contributed by atoms with E-state index in [4.69, 9.17) is 9.84 Å². The molecule has 1 N–H and O–H groups in total. The van der Waals surface area contributed by atoms with Gasteiger partial charge in [0, 0.05) is 6.20 Å². The number of aliphatic carboxylic acids is 1. The van der Waals surface area contributed by atoms with Gasteiger partial charge in [-0.2, -0.15) is 5.10 Å². The molecule has 1 aromatic rings. The summed E-state index contributed by atoms with van der Waals surface area (Å²) < 4.78 is 6.09. The van der Waals surface area contributed by atoms with Crippen molar-refractivity contribution in [2.75, 3.05) is 6.61 Å². The van der Waals surface area contributed by atoms with Crippen molar-refractivity contribution in [1.29, 1.82) is 0 Å². The maximum atomic E-state index is 11.4. The third-order valence-electron chi connectivity index (χ3n) is 2.28. The Hall–Kier alpha value is -1.85. The first-order chi connectivity index (χ1) is 8.10. The number of carbonyl (C=O) groups excluding carboxylic acids is 1. The summed E-state index contributed by atoms with van der Waals surface area (Å²) in [7, 11) is 0. The van der Waals surface area contributed by atoms with Crippen LogP contribution in [-0.4, -0.2) is 33.4 Å². The van der Waals surface area contributed by atoms with Crippen molar-refractivity contribution < 1.29 is 19.4 Å². The predicted molar refractivity (Wildman–Crippen MR) is 59.8 cm³/mol. The summed E-state index contributed by atoms with van der Waals surface area (Å²) in [4.78, 5) is 22.4. The molecular formula is C11H16N2O4. The van der Waals surface area contributed by atoms with Crippen LogP contribution in [-0.2, 0) is 9.53 Å². The molecule has 6 nitrogen and oxygen atoms in total. The highest BCUT2D eigenvalue weighted by Gasteiger charge is 2.20. The lowest BCUT2D eigenvalue weighted by Crippen LogP contribution is -2.19. The number of nitrogens with zero attached hydrogens (tertiary/aromatic N) is 2. The third kappa shape index (κ3) is 3.30. The van der Waals surface area contributed by atoms with E-state index in [1.54, 1.807) is 6.92 Å². The maximum absolute atomic E-state index is 11.4. The van der Waals surface area contributed by atoms with Crippen LogP contribution in [0.2, 0.25) is 0 Å². The highest BCUT2D eigenvalue weighted by molar-refractivity contribution is 5.88. The fraction of sp³-hybridized carbons (Fsp3) is 0.545. The van der Waals surface area contributed by atoms with Crippen molar-refractivity contribution in [1.82, 2.24) is 9.78 Å². The molecule has 0 aliphatic rings. The standard InChI is InChI=1S/C11H16N2O4/c1-3-5-9(10(14)15)13-7-8(6-12-13)11(16)17-4-2/h6-7,9H,3-5H2,1-2H3,(H,14,15). The van der Waals surface area contributed by atoms with Crippen LogP contribution in [0.1, 0.15) is 43.1 Å². The molecule has 0 fully saturated rings. The van der Waals surface area contributed by atoms with Gasteiger partial charge < -0.3 is 9.84 Å². The number of hydrogen-bond acceptors (Lipinski definition) is 4. The molecule has 0 bridgehead atoms. The van der Waals surface area contributed by atoms with E-state index in [1.165, 1.54) is 17.1 Å². The van der Waals surface area contributed by atoms with Crippen LogP contribution in [0.5, 0.6) is 0 Å². The van der Waals surface area contributed by atoms with E-state index < -0.39 is 18.0 Å². The molecular weight excluding hydrogens is 224 g/mol. The topological polar surface area (TPSA) is 81.4 Å². The lowest BCUT2D eigenvalue weighted by molar-refractivity contribution is -0.141. The first-order valence-corrected chi connectivity index (χ1v) is 5.54. The van der Waals surface area contributed by atoms with Crippen molar-refractivity contribution in [3.8, 4) is 0 Å². The minimum atomic E-state index is -0.953. The van der Waals surface area contributed by atoms with Gasteiger partial charge in [0.25, 0.3) is 0 Å². The molecule has 0 aromatic carbocycles. The molecule has 0 saturated carbocycles. The second-order valence-corrected chi connectivity index (χ2v) is 3.57. The maximum Gasteiger partial charge on any atom is 0.341 e. The molecule has 0 spiro atoms. The largest absolute Gasteiger partial charge is 0.480 e. The number of hydrogen-bond donors (Lipinski definition) is 1. The number of rotatable bonds is 6. The fourth-order valence-electron chi connectivity index (χ4n) is 1.47. The van der Waals surface area contributed by atoms with Crippen LogP contribution in [0.25, 0.3) is 0 Å². The lowest BCUT2D eigenvalue weighted by Gasteiger charge is -2.10. The van der Waals surface area contributed by atoms with E-state index in [0.29, 0.717) is 6.42 Å². The van der Waals surface area contributed by atoms with E-state index in [2.05, 4.69) is 5.10 Å². The van der Waals surface area contributed by atoms with E-state index in [1.807, 2.05) is 6.92 Å². The molecule has 1 aromatic heterocycles. The molecule has 0 aliphatic carbocycles. The van der Waals surface area contributed by atoms with E-state index in [0.717, 1.165) is 6.42 Å². The lowest BCUT2D eigenvalue weighted by atomic mass is 10.2. The Morgan fingerprint density at radius 3 is 2.76 bits per heavy atom. The number of ether oxygens (including phenoxy) is 1. The van der Waals surface area contributed by atoms with E-state index in [-0.39, 0.29) is 12.2 Å². The summed E-state index contributed by atoms with van der Waals surface area (Å²) in [6, 6.07) is -0.733. The molecule has 0 radical (unpaired) electrons. The molecule has 1 unspecified atom stereocenters. The Balaban J connectivity index is 2.84. The first kappa shape index (κ1) is 13.2. The third-order valence-corrected chi connectivity index (χ3v) is 2.28. The summed E-state index contributed by atoms with van der Waals surface area (Å²) >= 11 is 0. The number of carbonyl (C=O) groups is 2. The molecule has 0 amide bonds. The van der Waals surface area contributed by atoms with Crippen molar-refractivity contribution in [2.45, 2.75) is 32.7 Å².